The lowest BCUT2D eigenvalue weighted by atomic mass is 10.0. The first-order chi connectivity index (χ1) is 38.0. The summed E-state index contributed by atoms with van der Waals surface area (Å²) in [6, 6.07) is 0. The molecule has 0 heterocycles. The van der Waals surface area contributed by atoms with E-state index in [1.165, 1.54) is 77.0 Å². The van der Waals surface area contributed by atoms with Crippen molar-refractivity contribution in [2.45, 2.75) is 258 Å². The minimum absolute atomic E-state index is 0.121. The Balaban J connectivity index is 4.23. The summed E-state index contributed by atoms with van der Waals surface area (Å²) in [5.74, 6) is -1.04. The number of hydrogen-bond acceptors (Lipinski definition) is 6. The monoisotopic (exact) mass is 1060 g/mol. The van der Waals surface area contributed by atoms with Gasteiger partial charge in [0.1, 0.15) is 13.2 Å². The molecule has 0 fully saturated rings. The van der Waals surface area contributed by atoms with E-state index in [0.717, 1.165) is 128 Å². The third kappa shape index (κ3) is 61.8. The van der Waals surface area contributed by atoms with Gasteiger partial charge < -0.3 is 14.2 Å². The van der Waals surface area contributed by atoms with E-state index in [4.69, 9.17) is 14.2 Å². The SMILES string of the molecule is CC/C=C\C/C=C\C/C=C\C/C=C\C/C=C\C/C=C\CCCCCCCCCCCCCCCCC(=O)OCC(COC(=O)CCCCC/C=C\C/C=C\C/C=C\CC)OC(=O)CC/C=C\C/C=C\C/C=C\C/C=C\CC. The predicted molar refractivity (Wildman–Crippen MR) is 334 cm³/mol. The van der Waals surface area contributed by atoms with Gasteiger partial charge in [-0.05, 0) is 128 Å². The second kappa shape index (κ2) is 63.6. The Morgan fingerprint density at radius 1 is 0.260 bits per heavy atom. The highest BCUT2D eigenvalue weighted by Gasteiger charge is 2.19. The van der Waals surface area contributed by atoms with Crippen molar-refractivity contribution in [2.24, 2.45) is 0 Å². The summed E-state index contributed by atoms with van der Waals surface area (Å²) in [5.41, 5.74) is 0. The van der Waals surface area contributed by atoms with Crippen LogP contribution in [0.25, 0.3) is 0 Å². The zero-order valence-corrected chi connectivity index (χ0v) is 49.4. The second-order valence-electron chi connectivity index (χ2n) is 19.8. The molecular formula is C71H112O6. The van der Waals surface area contributed by atoms with E-state index in [9.17, 15) is 14.4 Å². The van der Waals surface area contributed by atoms with E-state index in [1.807, 2.05) is 12.2 Å². The van der Waals surface area contributed by atoms with E-state index in [2.05, 4.69) is 167 Å². The van der Waals surface area contributed by atoms with Crippen LogP contribution >= 0.6 is 0 Å². The maximum Gasteiger partial charge on any atom is 0.306 e. The molecule has 0 N–H and O–H groups in total. The van der Waals surface area contributed by atoms with Crippen LogP contribution in [-0.2, 0) is 28.6 Å². The summed E-state index contributed by atoms with van der Waals surface area (Å²) in [4.78, 5) is 38.1. The Labute approximate surface area is 473 Å². The largest absolute Gasteiger partial charge is 0.462 e. The molecule has 0 aliphatic carbocycles. The van der Waals surface area contributed by atoms with Crippen LogP contribution in [0.3, 0.4) is 0 Å². The fourth-order valence-corrected chi connectivity index (χ4v) is 8.00. The smallest absolute Gasteiger partial charge is 0.306 e. The topological polar surface area (TPSA) is 78.9 Å². The zero-order valence-electron chi connectivity index (χ0n) is 49.4. The number of esters is 3. The van der Waals surface area contributed by atoms with Crippen molar-refractivity contribution >= 4 is 17.9 Å². The Morgan fingerprint density at radius 2 is 0.494 bits per heavy atom. The minimum atomic E-state index is -0.834. The van der Waals surface area contributed by atoms with Gasteiger partial charge in [-0.1, -0.05) is 262 Å². The van der Waals surface area contributed by atoms with Gasteiger partial charge in [0.25, 0.3) is 0 Å². The second-order valence-corrected chi connectivity index (χ2v) is 19.8. The first-order valence-electron chi connectivity index (χ1n) is 31.0. The van der Waals surface area contributed by atoms with Crippen LogP contribution in [0.1, 0.15) is 252 Å². The quantitative estimate of drug-likeness (QED) is 0.0261. The van der Waals surface area contributed by atoms with Crippen LogP contribution in [0.15, 0.2) is 158 Å². The summed E-state index contributed by atoms with van der Waals surface area (Å²) in [7, 11) is 0. The molecule has 0 aromatic carbocycles. The predicted octanol–water partition coefficient (Wildman–Crippen LogP) is 21.3. The van der Waals surface area contributed by atoms with Crippen molar-refractivity contribution in [3.63, 3.8) is 0 Å². The molecule has 0 aliphatic heterocycles. The first-order valence-corrected chi connectivity index (χ1v) is 31.0. The van der Waals surface area contributed by atoms with Crippen LogP contribution in [0.2, 0.25) is 0 Å². The number of ether oxygens (including phenoxy) is 3. The van der Waals surface area contributed by atoms with Crippen LogP contribution in [0, 0.1) is 0 Å². The van der Waals surface area contributed by atoms with E-state index >= 15 is 0 Å². The van der Waals surface area contributed by atoms with E-state index < -0.39 is 12.1 Å². The maximum absolute atomic E-state index is 12.8. The summed E-state index contributed by atoms with van der Waals surface area (Å²) in [6.07, 6.45) is 92.8. The van der Waals surface area contributed by atoms with Gasteiger partial charge in [-0.2, -0.15) is 0 Å². The lowest BCUT2D eigenvalue weighted by Gasteiger charge is -2.18. The molecule has 0 saturated heterocycles. The van der Waals surface area contributed by atoms with Crippen molar-refractivity contribution in [1.82, 2.24) is 0 Å². The zero-order chi connectivity index (χ0) is 55.7. The van der Waals surface area contributed by atoms with Gasteiger partial charge in [-0.25, -0.2) is 0 Å². The van der Waals surface area contributed by atoms with Gasteiger partial charge in [0.15, 0.2) is 6.10 Å². The van der Waals surface area contributed by atoms with Gasteiger partial charge in [0.05, 0.1) is 0 Å². The standard InChI is InChI=1S/C71H112O6/c1-4-7-10-13-16-19-22-25-26-27-28-29-30-31-32-33-34-35-36-37-38-39-40-41-42-43-44-47-49-52-55-58-61-64-70(73)76-67-68(77-71(74)65-62-59-56-53-50-46-24-21-18-15-12-9-6-3)66-75-69(72)63-60-57-54-51-48-45-23-20-17-14-11-8-5-2/h7-12,16-21,25-26,28-29,31-32,34-35,45-46,48,50,56,59,68H,4-6,13-15,22-24,27,30,33,36-44,47,49,51-55,57-58,60-67H2,1-3H3/b10-7-,11-8-,12-9-,19-16-,20-17-,21-18-,26-25-,29-28-,32-31-,35-34-,48-45-,50-46-,59-56-. The van der Waals surface area contributed by atoms with Gasteiger partial charge in [-0.15, -0.1) is 0 Å². The van der Waals surface area contributed by atoms with Crippen LogP contribution in [-0.4, -0.2) is 37.2 Å². The molecular weight excluding hydrogens is 949 g/mol. The molecule has 0 aromatic rings. The van der Waals surface area contributed by atoms with Gasteiger partial charge in [0.2, 0.25) is 0 Å². The molecule has 6 nitrogen and oxygen atoms in total. The summed E-state index contributed by atoms with van der Waals surface area (Å²) in [6.45, 7) is 6.19. The summed E-state index contributed by atoms with van der Waals surface area (Å²) in [5, 5.41) is 0. The summed E-state index contributed by atoms with van der Waals surface area (Å²) >= 11 is 0. The Morgan fingerprint density at radius 3 is 0.792 bits per heavy atom. The average molecular weight is 1060 g/mol. The lowest BCUT2D eigenvalue weighted by Crippen LogP contribution is -2.30. The maximum atomic E-state index is 12.8. The van der Waals surface area contributed by atoms with Crippen molar-refractivity contribution in [1.29, 1.82) is 0 Å². The molecule has 0 saturated carbocycles. The third-order valence-corrected chi connectivity index (χ3v) is 12.5. The Bertz CT molecular complexity index is 1740. The fraction of sp³-hybridized carbons (Fsp3) is 0.592. The molecule has 0 bridgehead atoms. The van der Waals surface area contributed by atoms with Crippen molar-refractivity contribution < 1.29 is 28.6 Å². The molecule has 1 atom stereocenters. The van der Waals surface area contributed by atoms with E-state index in [0.29, 0.717) is 19.3 Å². The third-order valence-electron chi connectivity index (χ3n) is 12.5. The fourth-order valence-electron chi connectivity index (χ4n) is 8.00. The van der Waals surface area contributed by atoms with Gasteiger partial charge >= 0.3 is 17.9 Å². The van der Waals surface area contributed by atoms with E-state index in [-0.39, 0.29) is 31.6 Å². The Hall–Kier alpha value is -4.97. The number of allylic oxidation sites excluding steroid dienone is 26. The van der Waals surface area contributed by atoms with Crippen molar-refractivity contribution in [3.05, 3.63) is 158 Å². The number of unbranched alkanes of at least 4 members (excludes halogenated alkanes) is 17. The Kier molecular flexibility index (Phi) is 59.5. The minimum Gasteiger partial charge on any atom is -0.462 e. The van der Waals surface area contributed by atoms with Crippen LogP contribution < -0.4 is 0 Å². The van der Waals surface area contributed by atoms with Crippen LogP contribution in [0.4, 0.5) is 0 Å². The molecule has 432 valence electrons. The molecule has 0 spiro atoms. The molecule has 0 aromatic heterocycles. The molecule has 0 aliphatic rings. The van der Waals surface area contributed by atoms with Crippen molar-refractivity contribution in [2.75, 3.05) is 13.2 Å². The van der Waals surface area contributed by atoms with Crippen molar-refractivity contribution in [3.8, 4) is 0 Å². The summed E-state index contributed by atoms with van der Waals surface area (Å²) < 4.78 is 16.8. The average Bonchev–Trinajstić information content (AvgIpc) is 3.43. The highest BCUT2D eigenvalue weighted by molar-refractivity contribution is 5.71. The molecule has 0 amide bonds. The van der Waals surface area contributed by atoms with Gasteiger partial charge in [0, 0.05) is 19.3 Å². The molecule has 0 radical (unpaired) electrons. The number of carbonyl (C=O) groups is 3. The molecule has 1 unspecified atom stereocenters. The normalized spacial score (nSPS) is 13.2. The lowest BCUT2D eigenvalue weighted by molar-refractivity contribution is -0.166. The first kappa shape index (κ1) is 72.0. The highest BCUT2D eigenvalue weighted by atomic mass is 16.6. The van der Waals surface area contributed by atoms with Crippen LogP contribution in [0.5, 0.6) is 0 Å². The molecule has 6 heteroatoms. The number of hydrogen-bond donors (Lipinski definition) is 0. The van der Waals surface area contributed by atoms with Gasteiger partial charge in [-0.3, -0.25) is 14.4 Å². The van der Waals surface area contributed by atoms with E-state index in [1.54, 1.807) is 0 Å². The number of carbonyl (C=O) groups excluding carboxylic acids is 3. The molecule has 0 rings (SSSR count). The highest BCUT2D eigenvalue weighted by Crippen LogP contribution is 2.15. The molecule has 77 heavy (non-hydrogen) atoms. The number of rotatable bonds is 54.